The molecule has 2 rings (SSSR count). The molecule has 1 unspecified atom stereocenters. The van der Waals surface area contributed by atoms with Gasteiger partial charge in [0.15, 0.2) is 0 Å². The van der Waals surface area contributed by atoms with E-state index in [0.717, 1.165) is 0 Å². The molecule has 1 atom stereocenters. The molecule has 0 radical (unpaired) electrons. The fourth-order valence-electron chi connectivity index (χ4n) is 1.84. The molecule has 2 amide bonds. The lowest BCUT2D eigenvalue weighted by Crippen LogP contribution is -2.39. The fraction of sp³-hybridized carbons (Fsp3) is 0.400. The summed E-state index contributed by atoms with van der Waals surface area (Å²) in [6.45, 7) is 0. The number of carbonyl (C=O) groups excluding carboxylic acids is 2. The molecule has 2 N–H and O–H groups in total. The number of nitrogens with zero attached hydrogens (tertiary/aromatic N) is 2. The largest absolute Gasteiger partial charge is 0.477 e. The van der Waals surface area contributed by atoms with Crippen LogP contribution >= 0.6 is 0 Å². The van der Waals surface area contributed by atoms with Gasteiger partial charge in [-0.05, 0) is 12.5 Å². The van der Waals surface area contributed by atoms with Crippen molar-refractivity contribution in [2.45, 2.75) is 18.8 Å². The summed E-state index contributed by atoms with van der Waals surface area (Å²) in [7, 11) is 1.50. The molecule has 0 aromatic carbocycles. The summed E-state index contributed by atoms with van der Waals surface area (Å²) in [5.74, 6) is -2.37. The number of piperidine rings is 1. The van der Waals surface area contributed by atoms with E-state index in [1.807, 2.05) is 0 Å². The number of carboxylic acids is 1. The summed E-state index contributed by atoms with van der Waals surface area (Å²) in [5, 5.41) is 15.1. The second-order valence-corrected chi connectivity index (χ2v) is 3.89. The zero-order valence-electron chi connectivity index (χ0n) is 9.14. The smallest absolute Gasteiger partial charge is 0.354 e. The molecule has 1 aromatic heterocycles. The second kappa shape index (κ2) is 4.00. The first-order chi connectivity index (χ1) is 7.99. The van der Waals surface area contributed by atoms with Crippen LogP contribution in [0.2, 0.25) is 0 Å². The number of aryl methyl sites for hydroxylation is 1. The molecule has 1 saturated heterocycles. The summed E-state index contributed by atoms with van der Waals surface area (Å²) in [6.07, 6.45) is 0.607. The molecule has 0 bridgehead atoms. The van der Waals surface area contributed by atoms with Crippen molar-refractivity contribution in [1.29, 1.82) is 0 Å². The summed E-state index contributed by atoms with van der Waals surface area (Å²) in [6, 6.07) is 1.36. The van der Waals surface area contributed by atoms with Crippen molar-refractivity contribution in [3.05, 3.63) is 17.5 Å². The summed E-state index contributed by atoms with van der Waals surface area (Å²) < 4.78 is 1.21. The molecule has 1 aromatic rings. The molecule has 17 heavy (non-hydrogen) atoms. The van der Waals surface area contributed by atoms with Gasteiger partial charge in [-0.25, -0.2) is 4.79 Å². The molecule has 2 heterocycles. The number of rotatable bonds is 2. The van der Waals surface area contributed by atoms with Crippen LogP contribution in [0.15, 0.2) is 6.07 Å². The third kappa shape index (κ3) is 2.03. The van der Waals surface area contributed by atoms with Gasteiger partial charge in [-0.2, -0.15) is 5.10 Å². The number of amides is 2. The highest BCUT2D eigenvalue weighted by Crippen LogP contribution is 2.24. The maximum atomic E-state index is 11.6. The van der Waals surface area contributed by atoms with Crippen LogP contribution in [0.5, 0.6) is 0 Å². The number of nitrogens with one attached hydrogen (secondary N) is 1. The van der Waals surface area contributed by atoms with Crippen LogP contribution in [0.25, 0.3) is 0 Å². The molecule has 1 aliphatic rings. The SMILES string of the molecule is Cn1nc(C2CCC(=O)NC2=O)cc1C(=O)O. The molecule has 7 heteroatoms. The molecular weight excluding hydrogens is 226 g/mol. The molecule has 90 valence electrons. The number of hydrogen-bond donors (Lipinski definition) is 2. The molecule has 1 fully saturated rings. The minimum absolute atomic E-state index is 0.0182. The maximum Gasteiger partial charge on any atom is 0.354 e. The van der Waals surface area contributed by atoms with E-state index in [0.29, 0.717) is 12.1 Å². The Morgan fingerprint density at radius 2 is 2.29 bits per heavy atom. The lowest BCUT2D eigenvalue weighted by atomic mass is 9.95. The first kappa shape index (κ1) is 11.3. The summed E-state index contributed by atoms with van der Waals surface area (Å²) in [4.78, 5) is 33.4. The predicted octanol–water partition coefficient (Wildman–Crippen LogP) is -0.362. The number of carbonyl (C=O) groups is 3. The Balaban J connectivity index is 2.28. The minimum atomic E-state index is -1.10. The van der Waals surface area contributed by atoms with Gasteiger partial charge in [0, 0.05) is 13.5 Å². The Morgan fingerprint density at radius 3 is 2.82 bits per heavy atom. The maximum absolute atomic E-state index is 11.6. The van der Waals surface area contributed by atoms with E-state index in [2.05, 4.69) is 10.4 Å². The van der Waals surface area contributed by atoms with Crippen LogP contribution in [0.4, 0.5) is 0 Å². The molecule has 0 spiro atoms. The van der Waals surface area contributed by atoms with E-state index in [-0.39, 0.29) is 18.0 Å². The number of carboxylic acid groups (broad SMARTS) is 1. The van der Waals surface area contributed by atoms with E-state index in [9.17, 15) is 14.4 Å². The van der Waals surface area contributed by atoms with E-state index < -0.39 is 17.8 Å². The molecule has 1 aliphatic heterocycles. The lowest BCUT2D eigenvalue weighted by Gasteiger charge is -2.18. The van der Waals surface area contributed by atoms with Gasteiger partial charge in [0.05, 0.1) is 11.6 Å². The van der Waals surface area contributed by atoms with Crippen molar-refractivity contribution in [1.82, 2.24) is 15.1 Å². The van der Waals surface area contributed by atoms with E-state index in [1.165, 1.54) is 17.8 Å². The zero-order valence-corrected chi connectivity index (χ0v) is 9.14. The zero-order chi connectivity index (χ0) is 12.6. The quantitative estimate of drug-likeness (QED) is 0.684. The highest BCUT2D eigenvalue weighted by atomic mass is 16.4. The van der Waals surface area contributed by atoms with Gasteiger partial charge in [-0.3, -0.25) is 19.6 Å². The Labute approximate surface area is 96.4 Å². The van der Waals surface area contributed by atoms with Crippen LogP contribution < -0.4 is 5.32 Å². The first-order valence-electron chi connectivity index (χ1n) is 5.10. The predicted molar refractivity (Wildman–Crippen MR) is 55.3 cm³/mol. The Hall–Kier alpha value is -2.18. The summed E-state index contributed by atoms with van der Waals surface area (Å²) >= 11 is 0. The van der Waals surface area contributed by atoms with Crippen molar-refractivity contribution in [3.63, 3.8) is 0 Å². The van der Waals surface area contributed by atoms with Gasteiger partial charge in [0.2, 0.25) is 11.8 Å². The average molecular weight is 237 g/mol. The van der Waals surface area contributed by atoms with Crippen LogP contribution in [-0.4, -0.2) is 32.7 Å². The number of imide groups is 1. The molecular formula is C10H11N3O4. The molecule has 0 aliphatic carbocycles. The average Bonchev–Trinajstić information content (AvgIpc) is 2.60. The minimum Gasteiger partial charge on any atom is -0.477 e. The third-order valence-electron chi connectivity index (χ3n) is 2.71. The highest BCUT2D eigenvalue weighted by molar-refractivity contribution is 6.00. The van der Waals surface area contributed by atoms with Crippen LogP contribution in [0.1, 0.15) is 34.9 Å². The van der Waals surface area contributed by atoms with Crippen molar-refractivity contribution < 1.29 is 19.5 Å². The van der Waals surface area contributed by atoms with Gasteiger partial charge in [0.25, 0.3) is 0 Å². The number of hydrogen-bond acceptors (Lipinski definition) is 4. The van der Waals surface area contributed by atoms with Crippen LogP contribution in [-0.2, 0) is 16.6 Å². The lowest BCUT2D eigenvalue weighted by molar-refractivity contribution is -0.134. The second-order valence-electron chi connectivity index (χ2n) is 3.89. The Bertz CT molecular complexity index is 506. The van der Waals surface area contributed by atoms with E-state index in [4.69, 9.17) is 5.11 Å². The van der Waals surface area contributed by atoms with Crippen molar-refractivity contribution in [2.24, 2.45) is 7.05 Å². The van der Waals surface area contributed by atoms with Crippen molar-refractivity contribution in [2.75, 3.05) is 0 Å². The summed E-state index contributed by atoms with van der Waals surface area (Å²) in [5.41, 5.74) is 0.402. The van der Waals surface area contributed by atoms with Crippen molar-refractivity contribution in [3.8, 4) is 0 Å². The van der Waals surface area contributed by atoms with Gasteiger partial charge in [-0.15, -0.1) is 0 Å². The van der Waals surface area contributed by atoms with E-state index >= 15 is 0 Å². The van der Waals surface area contributed by atoms with E-state index in [1.54, 1.807) is 0 Å². The fourth-order valence-corrected chi connectivity index (χ4v) is 1.84. The van der Waals surface area contributed by atoms with Gasteiger partial charge < -0.3 is 5.11 Å². The third-order valence-corrected chi connectivity index (χ3v) is 2.71. The number of aromatic nitrogens is 2. The normalized spacial score (nSPS) is 20.2. The number of aromatic carboxylic acids is 1. The topological polar surface area (TPSA) is 101 Å². The molecule has 7 nitrogen and oxygen atoms in total. The first-order valence-corrected chi connectivity index (χ1v) is 5.10. The molecule has 0 saturated carbocycles. The monoisotopic (exact) mass is 237 g/mol. The van der Waals surface area contributed by atoms with Crippen LogP contribution in [0.3, 0.4) is 0 Å². The Morgan fingerprint density at radius 1 is 1.59 bits per heavy atom. The van der Waals surface area contributed by atoms with Gasteiger partial charge >= 0.3 is 5.97 Å². The highest BCUT2D eigenvalue weighted by Gasteiger charge is 2.30. The Kier molecular flexibility index (Phi) is 2.66. The van der Waals surface area contributed by atoms with Crippen molar-refractivity contribution >= 4 is 17.8 Å². The van der Waals surface area contributed by atoms with Gasteiger partial charge in [0.1, 0.15) is 5.69 Å². The van der Waals surface area contributed by atoms with Crippen LogP contribution in [0, 0.1) is 0 Å². The standard InChI is InChI=1S/C10H11N3O4/c1-13-7(10(16)17)4-6(12-13)5-2-3-8(14)11-9(5)15/h4-5H,2-3H2,1H3,(H,16,17)(H,11,14,15). The van der Waals surface area contributed by atoms with Gasteiger partial charge in [-0.1, -0.05) is 0 Å².